The molecule has 0 amide bonds. The Morgan fingerprint density at radius 2 is 1.52 bits per heavy atom. The number of aromatic nitrogens is 4. The molecule has 44 heavy (non-hydrogen) atoms. The zero-order valence-electron chi connectivity index (χ0n) is 23.4. The number of aryl methyl sites for hydroxylation is 1. The van der Waals surface area contributed by atoms with Gasteiger partial charge in [0.2, 0.25) is 0 Å². The van der Waals surface area contributed by atoms with Crippen molar-refractivity contribution >= 4 is 11.6 Å². The fraction of sp³-hybridized carbons (Fsp3) is 0.536. The third-order valence-electron chi connectivity index (χ3n) is 8.24. The van der Waals surface area contributed by atoms with Gasteiger partial charge in [-0.3, -0.25) is 0 Å². The van der Waals surface area contributed by atoms with Crippen LogP contribution in [-0.2, 0) is 25.9 Å². The van der Waals surface area contributed by atoms with Gasteiger partial charge in [-0.05, 0) is 66.6 Å². The Bertz CT molecular complexity index is 1490. The van der Waals surface area contributed by atoms with E-state index in [0.717, 1.165) is 30.5 Å². The highest BCUT2D eigenvalue weighted by Crippen LogP contribution is 2.49. The normalized spacial score (nSPS) is 20.1. The van der Waals surface area contributed by atoms with Crippen LogP contribution in [0.4, 0.5) is 46.8 Å². The Kier molecular flexibility index (Phi) is 7.51. The predicted molar refractivity (Wildman–Crippen MR) is 140 cm³/mol. The van der Waals surface area contributed by atoms with Gasteiger partial charge in [-0.25, -0.2) is 0 Å². The fourth-order valence-electron chi connectivity index (χ4n) is 6.33. The quantitative estimate of drug-likeness (QED) is 0.269. The number of hydrogen-bond acceptors (Lipinski definition) is 7. The average molecular weight is 633 g/mol. The standard InChI is InChI=1S/C28H28F8N6O2/c1-40-38-25(37-39-40)42(15-17-9-18(26(29,30)31)11-19(10-17)27(32,33)34)21-7-4-8-41(14-16-5-2-3-6-16)22-13-24-23(12-20(21)22)43-28(35,36)44-24/h9-13,16,21H,2-8,14-15H2,1H3. The molecule has 1 fully saturated rings. The van der Waals surface area contributed by atoms with E-state index in [9.17, 15) is 35.1 Å². The molecule has 6 rings (SSSR count). The molecule has 3 aliphatic rings. The second-order valence-corrected chi connectivity index (χ2v) is 11.4. The van der Waals surface area contributed by atoms with Gasteiger partial charge in [0.05, 0.1) is 24.2 Å². The Labute approximate surface area is 246 Å². The Morgan fingerprint density at radius 3 is 2.11 bits per heavy atom. The topological polar surface area (TPSA) is 68.5 Å². The van der Waals surface area contributed by atoms with Crippen LogP contribution in [0.1, 0.15) is 66.8 Å². The third-order valence-corrected chi connectivity index (χ3v) is 8.24. The molecule has 3 heterocycles. The number of benzene rings is 2. The molecule has 0 N–H and O–H groups in total. The van der Waals surface area contributed by atoms with Crippen molar-refractivity contribution in [1.29, 1.82) is 0 Å². The van der Waals surface area contributed by atoms with Crippen molar-refractivity contribution in [3.05, 3.63) is 52.6 Å². The van der Waals surface area contributed by atoms with E-state index in [1.165, 1.54) is 24.1 Å². The van der Waals surface area contributed by atoms with Gasteiger partial charge in [0.25, 0.3) is 5.95 Å². The van der Waals surface area contributed by atoms with Gasteiger partial charge in [-0.1, -0.05) is 17.9 Å². The molecule has 8 nitrogen and oxygen atoms in total. The summed E-state index contributed by atoms with van der Waals surface area (Å²) >= 11 is 0. The minimum Gasteiger partial charge on any atom is -0.395 e. The van der Waals surface area contributed by atoms with E-state index in [-0.39, 0.29) is 29.1 Å². The summed E-state index contributed by atoms with van der Waals surface area (Å²) in [5, 5.41) is 12.1. The zero-order chi connectivity index (χ0) is 31.4. The molecule has 16 heteroatoms. The summed E-state index contributed by atoms with van der Waals surface area (Å²) in [5.41, 5.74) is -2.15. The van der Waals surface area contributed by atoms with Gasteiger partial charge in [0.15, 0.2) is 11.5 Å². The molecule has 3 aromatic rings. The third kappa shape index (κ3) is 6.20. The minimum absolute atomic E-state index is 0.0540. The molecule has 0 spiro atoms. The fourth-order valence-corrected chi connectivity index (χ4v) is 6.33. The molecular weight excluding hydrogens is 604 g/mol. The smallest absolute Gasteiger partial charge is 0.395 e. The summed E-state index contributed by atoms with van der Waals surface area (Å²) in [6.45, 7) is 0.733. The minimum atomic E-state index is -5.04. The van der Waals surface area contributed by atoms with Crippen LogP contribution < -0.4 is 19.3 Å². The van der Waals surface area contributed by atoms with Crippen molar-refractivity contribution in [1.82, 2.24) is 20.2 Å². The number of halogens is 8. The average Bonchev–Trinajstić information content (AvgIpc) is 3.64. The van der Waals surface area contributed by atoms with E-state index >= 15 is 0 Å². The van der Waals surface area contributed by atoms with E-state index in [1.54, 1.807) is 0 Å². The molecule has 1 unspecified atom stereocenters. The molecule has 0 radical (unpaired) electrons. The van der Waals surface area contributed by atoms with Crippen LogP contribution in [0.2, 0.25) is 0 Å². The summed E-state index contributed by atoms with van der Waals surface area (Å²) in [6, 6.07) is 3.49. The van der Waals surface area contributed by atoms with Crippen molar-refractivity contribution in [3.8, 4) is 11.5 Å². The number of anilines is 2. The molecule has 1 aromatic heterocycles. The molecule has 0 bridgehead atoms. The number of tetrazole rings is 1. The lowest BCUT2D eigenvalue weighted by molar-refractivity contribution is -0.286. The summed E-state index contributed by atoms with van der Waals surface area (Å²) in [6.07, 6.45) is -8.83. The number of rotatable bonds is 6. The summed E-state index contributed by atoms with van der Waals surface area (Å²) < 4.78 is 120. The zero-order valence-corrected chi connectivity index (χ0v) is 23.4. The number of nitrogens with zero attached hydrogens (tertiary/aromatic N) is 6. The van der Waals surface area contributed by atoms with Gasteiger partial charge in [-0.2, -0.15) is 31.1 Å². The largest absolute Gasteiger partial charge is 0.586 e. The van der Waals surface area contributed by atoms with Crippen molar-refractivity contribution in [2.75, 3.05) is 22.9 Å². The van der Waals surface area contributed by atoms with E-state index in [0.29, 0.717) is 55.2 Å². The Hall–Kier alpha value is -3.85. The summed E-state index contributed by atoms with van der Waals surface area (Å²) in [4.78, 5) is 4.65. The highest BCUT2D eigenvalue weighted by molar-refractivity contribution is 5.66. The summed E-state index contributed by atoms with van der Waals surface area (Å²) in [7, 11) is 1.46. The molecule has 1 saturated carbocycles. The number of alkyl halides is 8. The van der Waals surface area contributed by atoms with Gasteiger partial charge in [0.1, 0.15) is 0 Å². The van der Waals surface area contributed by atoms with Gasteiger partial charge in [0, 0.05) is 37.0 Å². The van der Waals surface area contributed by atoms with Crippen molar-refractivity contribution < 1.29 is 44.6 Å². The molecule has 0 saturated heterocycles. The highest BCUT2D eigenvalue weighted by atomic mass is 19.4. The van der Waals surface area contributed by atoms with Crippen LogP contribution in [0.5, 0.6) is 11.5 Å². The second kappa shape index (κ2) is 10.9. The van der Waals surface area contributed by atoms with E-state index in [1.807, 2.05) is 0 Å². The number of hydrogen-bond donors (Lipinski definition) is 0. The van der Waals surface area contributed by atoms with Crippen molar-refractivity contribution in [3.63, 3.8) is 0 Å². The van der Waals surface area contributed by atoms with Crippen LogP contribution in [0.3, 0.4) is 0 Å². The highest BCUT2D eigenvalue weighted by Gasteiger charge is 2.45. The molecule has 1 atom stereocenters. The SMILES string of the molecule is Cn1nnc(N(Cc2cc(C(F)(F)F)cc(C(F)(F)F)c2)C2CCCN(CC3CCCC3)c3cc4c(cc32)OC(F)(F)O4)n1. The Morgan fingerprint density at radius 1 is 0.886 bits per heavy atom. The first-order valence-electron chi connectivity index (χ1n) is 14.1. The van der Waals surface area contributed by atoms with Gasteiger partial charge < -0.3 is 19.3 Å². The van der Waals surface area contributed by atoms with E-state index < -0.39 is 42.4 Å². The van der Waals surface area contributed by atoms with Crippen LogP contribution in [0, 0.1) is 5.92 Å². The van der Waals surface area contributed by atoms with Crippen molar-refractivity contribution in [2.45, 2.75) is 69.8 Å². The maximum absolute atomic E-state index is 14.1. The lowest BCUT2D eigenvalue weighted by Crippen LogP contribution is -2.31. The van der Waals surface area contributed by atoms with Crippen LogP contribution >= 0.6 is 0 Å². The maximum atomic E-state index is 14.1. The summed E-state index contributed by atoms with van der Waals surface area (Å²) in [5.74, 6) is -0.0637. The Balaban J connectivity index is 1.46. The van der Waals surface area contributed by atoms with Gasteiger partial charge >= 0.3 is 18.6 Å². The van der Waals surface area contributed by atoms with Crippen LogP contribution in [-0.4, -0.2) is 39.6 Å². The number of fused-ring (bicyclic) bond motifs is 2. The maximum Gasteiger partial charge on any atom is 0.586 e. The first kappa shape index (κ1) is 30.2. The molecule has 2 aromatic carbocycles. The lowest BCUT2D eigenvalue weighted by Gasteiger charge is -2.33. The monoisotopic (exact) mass is 632 g/mol. The molecular formula is C28H28F8N6O2. The molecule has 1 aliphatic carbocycles. The van der Waals surface area contributed by atoms with E-state index in [2.05, 4.69) is 20.3 Å². The van der Waals surface area contributed by atoms with Crippen LogP contribution in [0.25, 0.3) is 0 Å². The van der Waals surface area contributed by atoms with Crippen LogP contribution in [0.15, 0.2) is 30.3 Å². The first-order valence-corrected chi connectivity index (χ1v) is 14.1. The van der Waals surface area contributed by atoms with E-state index in [4.69, 9.17) is 9.47 Å². The van der Waals surface area contributed by atoms with Crippen molar-refractivity contribution in [2.24, 2.45) is 13.0 Å². The second-order valence-electron chi connectivity index (χ2n) is 11.4. The molecule has 238 valence electrons. The lowest BCUT2D eigenvalue weighted by atomic mass is 9.97. The van der Waals surface area contributed by atoms with Gasteiger partial charge in [-0.15, -0.1) is 13.9 Å². The predicted octanol–water partition coefficient (Wildman–Crippen LogP) is 7.11. The molecule has 2 aliphatic heterocycles. The number of ether oxygens (including phenoxy) is 2. The first-order chi connectivity index (χ1) is 20.7.